The fourth-order valence-corrected chi connectivity index (χ4v) is 3.78. The molecule has 0 aromatic rings. The van der Waals surface area contributed by atoms with Crippen molar-refractivity contribution in [3.8, 4) is 0 Å². The van der Waals surface area contributed by atoms with Crippen LogP contribution in [0.25, 0.3) is 0 Å². The molecule has 2 unspecified atom stereocenters. The highest BCUT2D eigenvalue weighted by molar-refractivity contribution is 5.05. The second-order valence-corrected chi connectivity index (χ2v) is 6.98. The first-order valence-electron chi connectivity index (χ1n) is 7.88. The quantitative estimate of drug-likeness (QED) is 0.770. The van der Waals surface area contributed by atoms with Crippen LogP contribution in [0.1, 0.15) is 54.4 Å². The molecule has 3 nitrogen and oxygen atoms in total. The van der Waals surface area contributed by atoms with Gasteiger partial charge in [-0.1, -0.05) is 13.8 Å². The summed E-state index contributed by atoms with van der Waals surface area (Å²) in [5.74, 6) is 0.533. The van der Waals surface area contributed by atoms with Crippen LogP contribution in [-0.4, -0.2) is 48.8 Å². The normalized spacial score (nSPS) is 29.1. The molecule has 3 heteroatoms. The minimum absolute atomic E-state index is 0.0586. The molecule has 1 aliphatic rings. The minimum Gasteiger partial charge on any atom is -0.368 e. The summed E-state index contributed by atoms with van der Waals surface area (Å²) >= 11 is 0. The number of rotatable bonds is 7. The zero-order valence-corrected chi connectivity index (χ0v) is 14.0. The molecule has 19 heavy (non-hydrogen) atoms. The molecule has 0 radical (unpaired) electrons. The maximum atomic E-state index is 6.32. The third-order valence-corrected chi connectivity index (χ3v) is 4.42. The van der Waals surface area contributed by atoms with Crippen molar-refractivity contribution >= 4 is 0 Å². The van der Waals surface area contributed by atoms with E-state index < -0.39 is 0 Å². The SMILES string of the molecule is CCCN(CCC)CC1C(NC)C(C)(C)OC1(C)C. The summed E-state index contributed by atoms with van der Waals surface area (Å²) in [6, 6.07) is 0.415. The second kappa shape index (κ2) is 6.55. The molecule has 0 saturated carbocycles. The van der Waals surface area contributed by atoms with Crippen LogP contribution in [0.4, 0.5) is 0 Å². The summed E-state index contributed by atoms with van der Waals surface area (Å²) in [5.41, 5.74) is -0.149. The van der Waals surface area contributed by atoms with E-state index in [0.29, 0.717) is 12.0 Å². The van der Waals surface area contributed by atoms with Crippen LogP contribution in [-0.2, 0) is 4.74 Å². The molecule has 0 aromatic heterocycles. The van der Waals surface area contributed by atoms with Gasteiger partial charge in [0.1, 0.15) is 0 Å². The summed E-state index contributed by atoms with van der Waals surface area (Å²) in [4.78, 5) is 2.60. The highest BCUT2D eigenvalue weighted by Crippen LogP contribution is 2.42. The molecule has 2 atom stereocenters. The maximum absolute atomic E-state index is 6.32. The molecule has 0 bridgehead atoms. The Hall–Kier alpha value is -0.120. The van der Waals surface area contributed by atoms with Crippen molar-refractivity contribution in [2.75, 3.05) is 26.7 Å². The predicted molar refractivity (Wildman–Crippen MR) is 82.6 cm³/mol. The van der Waals surface area contributed by atoms with Gasteiger partial charge in [0, 0.05) is 18.5 Å². The molecule has 1 heterocycles. The molecule has 1 saturated heterocycles. The number of hydrogen-bond donors (Lipinski definition) is 1. The fraction of sp³-hybridized carbons (Fsp3) is 1.00. The van der Waals surface area contributed by atoms with E-state index >= 15 is 0 Å². The minimum atomic E-state index is -0.0903. The van der Waals surface area contributed by atoms with Crippen molar-refractivity contribution in [2.45, 2.75) is 71.6 Å². The average Bonchev–Trinajstić information content (AvgIpc) is 2.44. The van der Waals surface area contributed by atoms with E-state index in [4.69, 9.17) is 4.74 Å². The first-order valence-corrected chi connectivity index (χ1v) is 7.88. The van der Waals surface area contributed by atoms with Gasteiger partial charge in [-0.25, -0.2) is 0 Å². The Labute approximate surface area is 120 Å². The van der Waals surface area contributed by atoms with Crippen LogP contribution in [0.3, 0.4) is 0 Å². The smallest absolute Gasteiger partial charge is 0.0790 e. The van der Waals surface area contributed by atoms with E-state index in [2.05, 4.69) is 58.8 Å². The van der Waals surface area contributed by atoms with Gasteiger partial charge in [0.25, 0.3) is 0 Å². The molecule has 114 valence electrons. The van der Waals surface area contributed by atoms with Crippen molar-refractivity contribution in [1.82, 2.24) is 10.2 Å². The first-order chi connectivity index (χ1) is 8.78. The van der Waals surface area contributed by atoms with Gasteiger partial charge >= 0.3 is 0 Å². The Morgan fingerprint density at radius 3 is 1.95 bits per heavy atom. The van der Waals surface area contributed by atoms with E-state index in [0.717, 1.165) is 6.54 Å². The Kier molecular flexibility index (Phi) is 5.84. The molecule has 1 fully saturated rings. The van der Waals surface area contributed by atoms with E-state index in [-0.39, 0.29) is 11.2 Å². The average molecular weight is 270 g/mol. The van der Waals surface area contributed by atoms with Crippen LogP contribution in [0.5, 0.6) is 0 Å². The van der Waals surface area contributed by atoms with Gasteiger partial charge in [0.2, 0.25) is 0 Å². The Balaban J connectivity index is 2.82. The second-order valence-electron chi connectivity index (χ2n) is 6.98. The molecule has 1 N–H and O–H groups in total. The van der Waals surface area contributed by atoms with Crippen LogP contribution in [0, 0.1) is 5.92 Å². The van der Waals surface area contributed by atoms with Crippen molar-refractivity contribution < 1.29 is 4.74 Å². The molecule has 0 aromatic carbocycles. The molecule has 0 spiro atoms. The van der Waals surface area contributed by atoms with Crippen LogP contribution < -0.4 is 5.32 Å². The van der Waals surface area contributed by atoms with Crippen LogP contribution >= 0.6 is 0 Å². The summed E-state index contributed by atoms with van der Waals surface area (Å²) in [5, 5.41) is 3.50. The maximum Gasteiger partial charge on any atom is 0.0790 e. The molecule has 0 amide bonds. The monoisotopic (exact) mass is 270 g/mol. The Bertz CT molecular complexity index is 270. The van der Waals surface area contributed by atoms with Crippen molar-refractivity contribution in [3.05, 3.63) is 0 Å². The summed E-state index contributed by atoms with van der Waals surface area (Å²) < 4.78 is 6.32. The van der Waals surface area contributed by atoms with Crippen molar-refractivity contribution in [3.63, 3.8) is 0 Å². The lowest BCUT2D eigenvalue weighted by molar-refractivity contribution is -0.0794. The molecule has 1 aliphatic heterocycles. The summed E-state index contributed by atoms with van der Waals surface area (Å²) in [6.45, 7) is 16.9. The Morgan fingerprint density at radius 1 is 1.00 bits per heavy atom. The zero-order chi connectivity index (χ0) is 14.7. The highest BCUT2D eigenvalue weighted by Gasteiger charge is 2.53. The molecule has 1 rings (SSSR count). The molecular weight excluding hydrogens is 236 g/mol. The standard InChI is InChI=1S/C16H34N2O/c1-8-10-18(11-9-2)12-13-14(17-7)16(5,6)19-15(13,3)4/h13-14,17H,8-12H2,1-7H3. The molecule has 0 aliphatic carbocycles. The van der Waals surface area contributed by atoms with E-state index in [1.54, 1.807) is 0 Å². The predicted octanol–water partition coefficient (Wildman–Crippen LogP) is 2.90. The number of nitrogens with one attached hydrogen (secondary N) is 1. The van der Waals surface area contributed by atoms with E-state index in [9.17, 15) is 0 Å². The third kappa shape index (κ3) is 3.93. The summed E-state index contributed by atoms with van der Waals surface area (Å²) in [6.07, 6.45) is 2.45. The van der Waals surface area contributed by atoms with Crippen LogP contribution in [0.2, 0.25) is 0 Å². The largest absolute Gasteiger partial charge is 0.368 e. The summed E-state index contributed by atoms with van der Waals surface area (Å²) in [7, 11) is 2.06. The number of ether oxygens (including phenoxy) is 1. The van der Waals surface area contributed by atoms with Gasteiger partial charge in [0.15, 0.2) is 0 Å². The van der Waals surface area contributed by atoms with Crippen LogP contribution in [0.15, 0.2) is 0 Å². The lowest BCUT2D eigenvalue weighted by Crippen LogP contribution is -2.50. The number of likely N-dealkylation sites (N-methyl/N-ethyl adjacent to an activating group) is 1. The van der Waals surface area contributed by atoms with Gasteiger partial charge in [-0.3, -0.25) is 0 Å². The Morgan fingerprint density at radius 2 is 1.53 bits per heavy atom. The highest BCUT2D eigenvalue weighted by atomic mass is 16.5. The van der Waals surface area contributed by atoms with Gasteiger partial charge in [0.05, 0.1) is 11.2 Å². The number of nitrogens with zero attached hydrogens (tertiary/aromatic N) is 1. The lowest BCUT2D eigenvalue weighted by Gasteiger charge is -2.34. The van der Waals surface area contributed by atoms with Crippen molar-refractivity contribution in [2.24, 2.45) is 5.92 Å². The third-order valence-electron chi connectivity index (χ3n) is 4.42. The van der Waals surface area contributed by atoms with Gasteiger partial charge < -0.3 is 15.0 Å². The number of hydrogen-bond acceptors (Lipinski definition) is 3. The topological polar surface area (TPSA) is 24.5 Å². The van der Waals surface area contributed by atoms with Crippen molar-refractivity contribution in [1.29, 1.82) is 0 Å². The van der Waals surface area contributed by atoms with E-state index in [1.807, 2.05) is 0 Å². The van der Waals surface area contributed by atoms with Gasteiger partial charge in [-0.05, 0) is 60.7 Å². The zero-order valence-electron chi connectivity index (χ0n) is 14.0. The van der Waals surface area contributed by atoms with Gasteiger partial charge in [-0.2, -0.15) is 0 Å². The first kappa shape index (κ1) is 16.9. The lowest BCUT2D eigenvalue weighted by atomic mass is 9.82. The molecular formula is C16H34N2O. The van der Waals surface area contributed by atoms with Gasteiger partial charge in [-0.15, -0.1) is 0 Å². The van der Waals surface area contributed by atoms with E-state index in [1.165, 1.54) is 25.9 Å². The fourth-order valence-electron chi connectivity index (χ4n) is 3.78.